The molecule has 0 saturated carbocycles. The van der Waals surface area contributed by atoms with Crippen LogP contribution in [0.15, 0.2) is 48.5 Å². The van der Waals surface area contributed by atoms with Gasteiger partial charge in [-0.2, -0.15) is 10.5 Å². The molecule has 0 aliphatic heterocycles. The Morgan fingerprint density at radius 3 is 2.00 bits per heavy atom. The van der Waals surface area contributed by atoms with E-state index in [1.807, 2.05) is 12.1 Å². The van der Waals surface area contributed by atoms with E-state index in [1.165, 1.54) is 31.4 Å². The van der Waals surface area contributed by atoms with Gasteiger partial charge in [0.2, 0.25) is 0 Å². The molecule has 0 aliphatic rings. The Labute approximate surface area is 145 Å². The topological polar surface area (TPSA) is 103 Å². The lowest BCUT2D eigenvalue weighted by molar-refractivity contribution is -0.142. The molecule has 6 heteroatoms. The first kappa shape index (κ1) is 17.7. The summed E-state index contributed by atoms with van der Waals surface area (Å²) >= 11 is 0. The Hall–Kier alpha value is -3.64. The molecule has 0 bridgehead atoms. The fourth-order valence-electron chi connectivity index (χ4n) is 2.22. The van der Waals surface area contributed by atoms with E-state index in [-0.39, 0.29) is 6.42 Å². The molecule has 2 aromatic rings. The normalized spacial score (nSPS) is 10.8. The van der Waals surface area contributed by atoms with Crippen LogP contribution in [0.4, 0.5) is 0 Å². The van der Waals surface area contributed by atoms with E-state index >= 15 is 0 Å². The average Bonchev–Trinajstić information content (AvgIpc) is 2.67. The molecule has 2 rings (SSSR count). The van der Waals surface area contributed by atoms with Gasteiger partial charge in [-0.15, -0.1) is 0 Å². The van der Waals surface area contributed by atoms with Gasteiger partial charge < -0.3 is 10.1 Å². The van der Waals surface area contributed by atoms with Crippen LogP contribution in [0.1, 0.15) is 27.0 Å². The molecule has 1 N–H and O–H groups in total. The first-order valence-electron chi connectivity index (χ1n) is 7.45. The van der Waals surface area contributed by atoms with Crippen molar-refractivity contribution < 1.29 is 14.3 Å². The van der Waals surface area contributed by atoms with Crippen LogP contribution in [-0.2, 0) is 16.0 Å². The summed E-state index contributed by atoms with van der Waals surface area (Å²) in [7, 11) is 1.25. The third kappa shape index (κ3) is 4.66. The van der Waals surface area contributed by atoms with Crippen LogP contribution in [0.2, 0.25) is 0 Å². The van der Waals surface area contributed by atoms with Crippen molar-refractivity contribution in [2.75, 3.05) is 7.11 Å². The number of nitrogens with zero attached hydrogens (tertiary/aromatic N) is 2. The number of rotatable bonds is 5. The predicted molar refractivity (Wildman–Crippen MR) is 89.3 cm³/mol. The predicted octanol–water partition coefficient (Wildman–Crippen LogP) is 1.94. The van der Waals surface area contributed by atoms with Crippen molar-refractivity contribution in [1.29, 1.82) is 10.5 Å². The molecular weight excluding hydrogens is 318 g/mol. The van der Waals surface area contributed by atoms with Crippen LogP contribution in [0.3, 0.4) is 0 Å². The summed E-state index contributed by atoms with van der Waals surface area (Å²) in [6.45, 7) is 0. The number of carbonyl (C=O) groups excluding carboxylic acids is 2. The highest BCUT2D eigenvalue weighted by Gasteiger charge is 2.22. The van der Waals surface area contributed by atoms with Crippen LogP contribution in [-0.4, -0.2) is 25.0 Å². The van der Waals surface area contributed by atoms with Crippen LogP contribution < -0.4 is 5.32 Å². The van der Waals surface area contributed by atoms with Gasteiger partial charge in [-0.25, -0.2) is 4.79 Å². The van der Waals surface area contributed by atoms with Gasteiger partial charge >= 0.3 is 5.97 Å². The maximum atomic E-state index is 12.3. The number of methoxy groups -OCH3 is 1. The van der Waals surface area contributed by atoms with Gasteiger partial charge in [-0.1, -0.05) is 12.1 Å². The van der Waals surface area contributed by atoms with E-state index in [0.29, 0.717) is 16.7 Å². The molecule has 0 fully saturated rings. The molecule has 0 aromatic heterocycles. The Balaban J connectivity index is 2.13. The molecule has 1 unspecified atom stereocenters. The lowest BCUT2D eigenvalue weighted by Crippen LogP contribution is -2.43. The second-order valence-electron chi connectivity index (χ2n) is 5.25. The minimum Gasteiger partial charge on any atom is -0.467 e. The highest BCUT2D eigenvalue weighted by Crippen LogP contribution is 2.09. The SMILES string of the molecule is COC(=O)C(Cc1ccc(C#N)cc1)NC(=O)c1ccc(C#N)cc1. The maximum Gasteiger partial charge on any atom is 0.328 e. The van der Waals surface area contributed by atoms with Crippen LogP contribution >= 0.6 is 0 Å². The third-order valence-corrected chi connectivity index (χ3v) is 3.59. The lowest BCUT2D eigenvalue weighted by Gasteiger charge is -2.16. The Morgan fingerprint density at radius 1 is 1.00 bits per heavy atom. The van der Waals surface area contributed by atoms with Gasteiger partial charge in [0.25, 0.3) is 5.91 Å². The molecule has 1 atom stereocenters. The zero-order valence-corrected chi connectivity index (χ0v) is 13.5. The largest absolute Gasteiger partial charge is 0.467 e. The van der Waals surface area contributed by atoms with Crippen molar-refractivity contribution in [2.45, 2.75) is 12.5 Å². The first-order chi connectivity index (χ1) is 12.1. The minimum absolute atomic E-state index is 0.237. The Morgan fingerprint density at radius 2 is 1.52 bits per heavy atom. The van der Waals surface area contributed by atoms with Gasteiger partial charge in [0, 0.05) is 12.0 Å². The van der Waals surface area contributed by atoms with Gasteiger partial charge in [0.05, 0.1) is 30.4 Å². The number of esters is 1. The third-order valence-electron chi connectivity index (χ3n) is 3.59. The van der Waals surface area contributed by atoms with Crippen molar-refractivity contribution >= 4 is 11.9 Å². The average molecular weight is 333 g/mol. The van der Waals surface area contributed by atoms with Crippen LogP contribution in [0.25, 0.3) is 0 Å². The zero-order valence-electron chi connectivity index (χ0n) is 13.5. The number of hydrogen-bond donors (Lipinski definition) is 1. The maximum absolute atomic E-state index is 12.3. The summed E-state index contributed by atoms with van der Waals surface area (Å²) < 4.78 is 4.75. The molecule has 0 heterocycles. The summed E-state index contributed by atoms with van der Waals surface area (Å²) in [6, 6.07) is 16.0. The summed E-state index contributed by atoms with van der Waals surface area (Å²) in [5.74, 6) is -1.00. The monoisotopic (exact) mass is 333 g/mol. The summed E-state index contributed by atoms with van der Waals surface area (Å²) in [5, 5.41) is 20.2. The smallest absolute Gasteiger partial charge is 0.328 e. The van der Waals surface area contributed by atoms with E-state index in [9.17, 15) is 9.59 Å². The highest BCUT2D eigenvalue weighted by atomic mass is 16.5. The first-order valence-corrected chi connectivity index (χ1v) is 7.45. The fourth-order valence-corrected chi connectivity index (χ4v) is 2.22. The molecule has 6 nitrogen and oxygen atoms in total. The summed E-state index contributed by atoms with van der Waals surface area (Å²) in [6.07, 6.45) is 0.237. The number of carbonyl (C=O) groups is 2. The van der Waals surface area contributed by atoms with Crippen molar-refractivity contribution in [3.63, 3.8) is 0 Å². The van der Waals surface area contributed by atoms with Crippen molar-refractivity contribution in [1.82, 2.24) is 5.32 Å². The molecular formula is C19H15N3O3. The fraction of sp³-hybridized carbons (Fsp3) is 0.158. The summed E-state index contributed by atoms with van der Waals surface area (Å²) in [5.41, 5.74) is 2.08. The number of benzene rings is 2. The quantitative estimate of drug-likeness (QED) is 0.842. The minimum atomic E-state index is -0.860. The molecule has 1 amide bonds. The Bertz CT molecular complexity index is 843. The second kappa shape index (κ2) is 8.28. The second-order valence-corrected chi connectivity index (χ2v) is 5.25. The van der Waals surface area contributed by atoms with Crippen LogP contribution in [0.5, 0.6) is 0 Å². The zero-order chi connectivity index (χ0) is 18.2. The van der Waals surface area contributed by atoms with E-state index in [1.54, 1.807) is 24.3 Å². The van der Waals surface area contributed by atoms with Gasteiger partial charge in [0.15, 0.2) is 0 Å². The molecule has 0 saturated heterocycles. The molecule has 25 heavy (non-hydrogen) atoms. The van der Waals surface area contributed by atoms with Crippen molar-refractivity contribution in [3.8, 4) is 12.1 Å². The highest BCUT2D eigenvalue weighted by molar-refractivity contribution is 5.96. The number of nitrogens with one attached hydrogen (secondary N) is 1. The van der Waals surface area contributed by atoms with E-state index in [4.69, 9.17) is 15.3 Å². The standard InChI is InChI=1S/C19H15N3O3/c1-25-19(24)17(10-13-2-4-14(11-20)5-3-13)22-18(23)16-8-6-15(12-21)7-9-16/h2-9,17H,10H2,1H3,(H,22,23). The van der Waals surface area contributed by atoms with Crippen LogP contribution in [0, 0.1) is 22.7 Å². The van der Waals surface area contributed by atoms with E-state index < -0.39 is 17.9 Å². The molecule has 0 radical (unpaired) electrons. The van der Waals surface area contributed by atoms with Gasteiger partial charge in [-0.3, -0.25) is 4.79 Å². The van der Waals surface area contributed by atoms with E-state index in [2.05, 4.69) is 5.32 Å². The van der Waals surface area contributed by atoms with Gasteiger partial charge in [-0.05, 0) is 42.0 Å². The van der Waals surface area contributed by atoms with Gasteiger partial charge in [0.1, 0.15) is 6.04 Å². The number of nitriles is 2. The van der Waals surface area contributed by atoms with Crippen molar-refractivity contribution in [2.24, 2.45) is 0 Å². The molecule has 124 valence electrons. The molecule has 0 spiro atoms. The van der Waals surface area contributed by atoms with Crippen molar-refractivity contribution in [3.05, 3.63) is 70.8 Å². The number of hydrogen-bond acceptors (Lipinski definition) is 5. The summed E-state index contributed by atoms with van der Waals surface area (Å²) in [4.78, 5) is 24.3. The molecule has 2 aromatic carbocycles. The number of amides is 1. The molecule has 0 aliphatic carbocycles. The lowest BCUT2D eigenvalue weighted by atomic mass is 10.0. The number of ether oxygens (including phenoxy) is 1. The van der Waals surface area contributed by atoms with E-state index in [0.717, 1.165) is 5.56 Å². The Kier molecular flexibility index (Phi) is 5.86.